The van der Waals surface area contributed by atoms with E-state index in [4.69, 9.17) is 0 Å². The molecule has 1 aromatic rings. The Labute approximate surface area is 52.9 Å². The fourth-order valence-electron chi connectivity index (χ4n) is 0.568. The van der Waals surface area contributed by atoms with Crippen molar-refractivity contribution < 1.29 is 9.38 Å². The predicted octanol–water partition coefficient (Wildman–Crippen LogP) is 0.238. The Morgan fingerprint density at radius 3 is 2.22 bits per heavy atom. The van der Waals surface area contributed by atoms with Gasteiger partial charge in [-0.3, -0.25) is 0 Å². The predicted molar refractivity (Wildman–Crippen MR) is 34.1 cm³/mol. The van der Waals surface area contributed by atoms with Crippen LogP contribution in [0.5, 0.6) is 0 Å². The lowest BCUT2D eigenvalue weighted by Gasteiger charge is -1.83. The summed E-state index contributed by atoms with van der Waals surface area (Å²) >= 11 is 0. The van der Waals surface area contributed by atoms with Crippen LogP contribution < -0.4 is 4.99 Å². The standard InChI is InChI=1S/C7H6FN/c1-9-7-4-2-6(8)3-5-7/h2-5H,1H2/p+1. The highest BCUT2D eigenvalue weighted by Crippen LogP contribution is 2.00. The smallest absolute Gasteiger partial charge is 0.203 e. The van der Waals surface area contributed by atoms with Crippen molar-refractivity contribution in [1.82, 2.24) is 0 Å². The molecule has 0 aliphatic heterocycles. The molecule has 0 aromatic heterocycles. The lowest BCUT2D eigenvalue weighted by molar-refractivity contribution is -0.342. The number of nitrogens with one attached hydrogen (secondary N) is 1. The van der Waals surface area contributed by atoms with Crippen molar-refractivity contribution in [3.63, 3.8) is 0 Å². The van der Waals surface area contributed by atoms with Crippen LogP contribution in [0.15, 0.2) is 24.3 Å². The van der Waals surface area contributed by atoms with Crippen molar-refractivity contribution in [3.05, 3.63) is 30.1 Å². The second-order valence-corrected chi connectivity index (χ2v) is 1.68. The van der Waals surface area contributed by atoms with Crippen molar-refractivity contribution in [2.24, 2.45) is 0 Å². The Hall–Kier alpha value is -1.18. The van der Waals surface area contributed by atoms with E-state index in [1.807, 2.05) is 0 Å². The molecule has 0 aliphatic carbocycles. The first-order valence-electron chi connectivity index (χ1n) is 2.61. The minimum Gasteiger partial charge on any atom is -0.218 e. The maximum absolute atomic E-state index is 12.2. The summed E-state index contributed by atoms with van der Waals surface area (Å²) in [6, 6.07) is 6.02. The average molecular weight is 124 g/mol. The number of rotatable bonds is 1. The number of benzene rings is 1. The van der Waals surface area contributed by atoms with E-state index in [0.29, 0.717) is 0 Å². The Morgan fingerprint density at radius 1 is 1.22 bits per heavy atom. The summed E-state index contributed by atoms with van der Waals surface area (Å²) < 4.78 is 12.2. The molecular formula is C7H7FN+. The number of hydrogen-bond donors (Lipinski definition) is 1. The van der Waals surface area contributed by atoms with Crippen LogP contribution in [0.4, 0.5) is 10.1 Å². The zero-order valence-electron chi connectivity index (χ0n) is 4.89. The van der Waals surface area contributed by atoms with E-state index in [1.54, 1.807) is 12.1 Å². The molecule has 0 saturated heterocycles. The summed E-state index contributed by atoms with van der Waals surface area (Å²) in [5, 5.41) is 0. The Balaban J connectivity index is 3.01. The van der Waals surface area contributed by atoms with E-state index in [9.17, 15) is 4.39 Å². The van der Waals surface area contributed by atoms with Crippen LogP contribution in [-0.2, 0) is 0 Å². The lowest BCUT2D eigenvalue weighted by Crippen LogP contribution is -2.57. The molecule has 2 heteroatoms. The monoisotopic (exact) mass is 124 g/mol. The van der Waals surface area contributed by atoms with Gasteiger partial charge in [-0.05, 0) is 12.1 Å². The summed E-state index contributed by atoms with van der Waals surface area (Å²) in [5.74, 6) is -0.228. The number of hydrogen-bond acceptors (Lipinski definition) is 0. The quantitative estimate of drug-likeness (QED) is 0.515. The second-order valence-electron chi connectivity index (χ2n) is 1.68. The molecule has 0 radical (unpaired) electrons. The molecule has 0 bridgehead atoms. The zero-order chi connectivity index (χ0) is 6.69. The van der Waals surface area contributed by atoms with E-state index in [2.05, 4.69) is 11.7 Å². The first-order chi connectivity index (χ1) is 4.33. The van der Waals surface area contributed by atoms with Crippen LogP contribution in [0, 0.1) is 5.82 Å². The van der Waals surface area contributed by atoms with Gasteiger partial charge in [0.1, 0.15) is 12.5 Å². The van der Waals surface area contributed by atoms with Crippen molar-refractivity contribution >= 4 is 12.4 Å². The third-order valence-corrected chi connectivity index (χ3v) is 1.05. The van der Waals surface area contributed by atoms with E-state index < -0.39 is 0 Å². The molecule has 0 heterocycles. The molecule has 0 atom stereocenters. The molecule has 1 rings (SSSR count). The van der Waals surface area contributed by atoms with Crippen LogP contribution in [-0.4, -0.2) is 6.72 Å². The molecule has 0 saturated carbocycles. The van der Waals surface area contributed by atoms with Gasteiger partial charge in [0.25, 0.3) is 0 Å². The van der Waals surface area contributed by atoms with Gasteiger partial charge in [0.15, 0.2) is 0 Å². The van der Waals surface area contributed by atoms with Crippen LogP contribution in [0.1, 0.15) is 0 Å². The zero-order valence-corrected chi connectivity index (χ0v) is 4.89. The first-order valence-corrected chi connectivity index (χ1v) is 2.61. The van der Waals surface area contributed by atoms with Crippen molar-refractivity contribution in [3.8, 4) is 0 Å². The lowest BCUT2D eigenvalue weighted by atomic mass is 10.3. The molecule has 0 spiro atoms. The summed E-state index contributed by atoms with van der Waals surface area (Å²) in [5.41, 5.74) is 0.816. The van der Waals surface area contributed by atoms with Crippen LogP contribution in [0.3, 0.4) is 0 Å². The van der Waals surface area contributed by atoms with Gasteiger partial charge in [0, 0.05) is 12.1 Å². The molecule has 9 heavy (non-hydrogen) atoms. The minimum absolute atomic E-state index is 0.228. The first kappa shape index (κ1) is 5.95. The third-order valence-electron chi connectivity index (χ3n) is 1.05. The molecule has 1 nitrogen and oxygen atoms in total. The van der Waals surface area contributed by atoms with Gasteiger partial charge in [0.05, 0.1) is 0 Å². The third kappa shape index (κ3) is 1.35. The molecule has 1 aromatic carbocycles. The Bertz CT molecular complexity index is 203. The van der Waals surface area contributed by atoms with Gasteiger partial charge in [0.2, 0.25) is 5.69 Å². The fourth-order valence-corrected chi connectivity index (χ4v) is 0.568. The molecule has 0 amide bonds. The highest BCUT2D eigenvalue weighted by atomic mass is 19.1. The van der Waals surface area contributed by atoms with Crippen molar-refractivity contribution in [1.29, 1.82) is 0 Å². The Kier molecular flexibility index (Phi) is 1.58. The molecule has 46 valence electrons. The van der Waals surface area contributed by atoms with Gasteiger partial charge >= 0.3 is 0 Å². The maximum atomic E-state index is 12.2. The molecule has 0 fully saturated rings. The fraction of sp³-hybridized carbons (Fsp3) is 0. The van der Waals surface area contributed by atoms with Crippen molar-refractivity contribution in [2.45, 2.75) is 0 Å². The highest BCUT2D eigenvalue weighted by molar-refractivity contribution is 5.30. The second kappa shape index (κ2) is 2.40. The van der Waals surface area contributed by atoms with E-state index >= 15 is 0 Å². The van der Waals surface area contributed by atoms with E-state index in [1.165, 1.54) is 12.1 Å². The summed E-state index contributed by atoms with van der Waals surface area (Å²) in [4.78, 5) is 2.64. The molecule has 1 N–H and O–H groups in total. The summed E-state index contributed by atoms with van der Waals surface area (Å²) in [6.45, 7) is 3.41. The molecule has 0 unspecified atom stereocenters. The van der Waals surface area contributed by atoms with E-state index in [0.717, 1.165) is 5.69 Å². The Morgan fingerprint density at radius 2 is 1.78 bits per heavy atom. The molecule has 0 aliphatic rings. The summed E-state index contributed by atoms with van der Waals surface area (Å²) in [6.07, 6.45) is 0. The van der Waals surface area contributed by atoms with Crippen LogP contribution >= 0.6 is 0 Å². The molecular weight excluding hydrogens is 117 g/mol. The van der Waals surface area contributed by atoms with Gasteiger partial charge in [-0.15, -0.1) is 0 Å². The minimum atomic E-state index is -0.228. The van der Waals surface area contributed by atoms with Crippen LogP contribution in [0.2, 0.25) is 0 Å². The highest BCUT2D eigenvalue weighted by Gasteiger charge is 1.91. The average Bonchev–Trinajstić information content (AvgIpc) is 1.90. The van der Waals surface area contributed by atoms with Gasteiger partial charge in [-0.2, -0.15) is 0 Å². The van der Waals surface area contributed by atoms with Gasteiger partial charge in [-0.1, -0.05) is 0 Å². The van der Waals surface area contributed by atoms with Gasteiger partial charge in [-0.25, -0.2) is 9.38 Å². The normalized spacial score (nSPS) is 9.00. The largest absolute Gasteiger partial charge is 0.218 e. The number of halogens is 1. The maximum Gasteiger partial charge on any atom is 0.203 e. The topological polar surface area (TPSA) is 14.0 Å². The van der Waals surface area contributed by atoms with Crippen LogP contribution in [0.25, 0.3) is 0 Å². The summed E-state index contributed by atoms with van der Waals surface area (Å²) in [7, 11) is 0. The van der Waals surface area contributed by atoms with Crippen molar-refractivity contribution in [2.75, 3.05) is 0 Å². The SMILES string of the molecule is C=[NH+]c1ccc(F)cc1. The van der Waals surface area contributed by atoms with E-state index in [-0.39, 0.29) is 5.82 Å². The van der Waals surface area contributed by atoms with Gasteiger partial charge < -0.3 is 0 Å².